The number of hydrogen-bond acceptors (Lipinski definition) is 3. The fourth-order valence-corrected chi connectivity index (χ4v) is 2.83. The lowest BCUT2D eigenvalue weighted by molar-refractivity contribution is -0.123. The minimum Gasteiger partial charge on any atom is -0.483 e. The van der Waals surface area contributed by atoms with Gasteiger partial charge in [-0.05, 0) is 49.6 Å². The van der Waals surface area contributed by atoms with Gasteiger partial charge in [-0.2, -0.15) is 0 Å². The van der Waals surface area contributed by atoms with Crippen LogP contribution in [0.5, 0.6) is 5.75 Å². The molecule has 25 heavy (non-hydrogen) atoms. The van der Waals surface area contributed by atoms with Crippen molar-refractivity contribution < 1.29 is 14.3 Å². The van der Waals surface area contributed by atoms with Crippen molar-refractivity contribution in [2.45, 2.75) is 32.7 Å². The second kappa shape index (κ2) is 7.55. The lowest BCUT2D eigenvalue weighted by Gasteiger charge is -2.21. The van der Waals surface area contributed by atoms with Crippen molar-refractivity contribution in [1.82, 2.24) is 10.2 Å². The van der Waals surface area contributed by atoms with Crippen molar-refractivity contribution in [3.63, 3.8) is 0 Å². The third kappa shape index (κ3) is 4.10. The first-order valence-electron chi connectivity index (χ1n) is 8.86. The summed E-state index contributed by atoms with van der Waals surface area (Å²) in [7, 11) is 0. The predicted molar refractivity (Wildman–Crippen MR) is 97.9 cm³/mol. The highest BCUT2D eigenvalue weighted by Crippen LogP contribution is 2.27. The number of carbonyl (C=O) groups is 2. The van der Waals surface area contributed by atoms with Crippen LogP contribution in [0.2, 0.25) is 0 Å². The first kappa shape index (κ1) is 17.3. The largest absolute Gasteiger partial charge is 0.483 e. The van der Waals surface area contributed by atoms with Gasteiger partial charge < -0.3 is 15.0 Å². The number of nitrogens with one attached hydrogen (secondary N) is 1. The van der Waals surface area contributed by atoms with Crippen molar-refractivity contribution >= 4 is 22.6 Å². The molecular weight excluding hydrogens is 316 g/mol. The lowest BCUT2D eigenvalue weighted by Crippen LogP contribution is -2.32. The summed E-state index contributed by atoms with van der Waals surface area (Å²) in [5.74, 6) is 0.242. The number of amides is 2. The van der Waals surface area contributed by atoms with Crippen molar-refractivity contribution in [2.75, 3.05) is 19.7 Å². The molecule has 0 atom stereocenters. The Morgan fingerprint density at radius 1 is 1.12 bits per heavy atom. The summed E-state index contributed by atoms with van der Waals surface area (Å²) in [6, 6.07) is 11.8. The van der Waals surface area contributed by atoms with Crippen LogP contribution in [0.25, 0.3) is 10.8 Å². The Morgan fingerprint density at radius 2 is 1.76 bits per heavy atom. The van der Waals surface area contributed by atoms with Gasteiger partial charge in [0.1, 0.15) is 5.75 Å². The molecule has 0 unspecified atom stereocenters. The number of carbonyl (C=O) groups excluding carboxylic acids is 2. The third-order valence-corrected chi connectivity index (χ3v) is 4.43. The second-order valence-electron chi connectivity index (χ2n) is 6.30. The van der Waals surface area contributed by atoms with Crippen LogP contribution in [0.1, 0.15) is 37.0 Å². The Kier molecular flexibility index (Phi) is 5.22. The number of hydrogen-bond donors (Lipinski definition) is 1. The van der Waals surface area contributed by atoms with Gasteiger partial charge >= 0.3 is 0 Å². The molecule has 0 bridgehead atoms. The standard InChI is InChI=1S/C20H24N2O3/c1-3-22(4-2)20(24)17-11-14-7-5-6-8-15(14)12-18(17)25-13-19(23)21-16-9-10-16/h5-8,11-12,16H,3-4,9-10,13H2,1-2H3,(H,21,23). The summed E-state index contributed by atoms with van der Waals surface area (Å²) in [6.07, 6.45) is 2.07. The molecule has 5 heteroatoms. The van der Waals surface area contributed by atoms with Gasteiger partial charge in [-0.25, -0.2) is 0 Å². The van der Waals surface area contributed by atoms with Crippen LogP contribution in [0, 0.1) is 0 Å². The number of fused-ring (bicyclic) bond motifs is 1. The first-order valence-corrected chi connectivity index (χ1v) is 8.86. The summed E-state index contributed by atoms with van der Waals surface area (Å²) < 4.78 is 5.74. The van der Waals surface area contributed by atoms with Gasteiger partial charge in [0, 0.05) is 19.1 Å². The van der Waals surface area contributed by atoms with E-state index in [-0.39, 0.29) is 18.4 Å². The molecule has 3 rings (SSSR count). The molecule has 0 heterocycles. The van der Waals surface area contributed by atoms with E-state index < -0.39 is 0 Å². The van der Waals surface area contributed by atoms with Crippen molar-refractivity contribution in [3.05, 3.63) is 42.0 Å². The van der Waals surface area contributed by atoms with E-state index in [1.807, 2.05) is 50.2 Å². The number of rotatable bonds is 7. The number of ether oxygens (including phenoxy) is 1. The van der Waals surface area contributed by atoms with Crippen LogP contribution >= 0.6 is 0 Å². The monoisotopic (exact) mass is 340 g/mol. The molecule has 1 fully saturated rings. The van der Waals surface area contributed by atoms with Crippen LogP contribution in [0.15, 0.2) is 36.4 Å². The molecule has 0 aromatic heterocycles. The molecule has 1 aliphatic carbocycles. The molecule has 0 radical (unpaired) electrons. The summed E-state index contributed by atoms with van der Waals surface area (Å²) in [4.78, 5) is 26.5. The van der Waals surface area contributed by atoms with E-state index in [1.165, 1.54) is 0 Å². The summed E-state index contributed by atoms with van der Waals surface area (Å²) in [5.41, 5.74) is 0.502. The fourth-order valence-electron chi connectivity index (χ4n) is 2.83. The molecular formula is C20H24N2O3. The molecule has 5 nitrogen and oxygen atoms in total. The molecule has 2 aromatic carbocycles. The minimum absolute atomic E-state index is 0.0756. The minimum atomic E-state index is -0.142. The van der Waals surface area contributed by atoms with Crippen LogP contribution in [0.3, 0.4) is 0 Å². The molecule has 0 aliphatic heterocycles. The van der Waals surface area contributed by atoms with E-state index in [1.54, 1.807) is 4.90 Å². The highest BCUT2D eigenvalue weighted by atomic mass is 16.5. The van der Waals surface area contributed by atoms with Crippen LogP contribution in [0.4, 0.5) is 0 Å². The smallest absolute Gasteiger partial charge is 0.258 e. The van der Waals surface area contributed by atoms with Crippen LogP contribution in [-0.4, -0.2) is 42.5 Å². The van der Waals surface area contributed by atoms with Gasteiger partial charge in [-0.3, -0.25) is 9.59 Å². The maximum atomic E-state index is 12.8. The lowest BCUT2D eigenvalue weighted by atomic mass is 10.0. The topological polar surface area (TPSA) is 58.6 Å². The highest BCUT2D eigenvalue weighted by Gasteiger charge is 2.24. The molecule has 132 valence electrons. The van der Waals surface area contributed by atoms with Crippen LogP contribution < -0.4 is 10.1 Å². The average molecular weight is 340 g/mol. The van der Waals surface area contributed by atoms with Crippen molar-refractivity contribution in [1.29, 1.82) is 0 Å². The number of nitrogens with zero attached hydrogens (tertiary/aromatic N) is 1. The maximum Gasteiger partial charge on any atom is 0.258 e. The maximum absolute atomic E-state index is 12.8. The SMILES string of the molecule is CCN(CC)C(=O)c1cc2ccccc2cc1OCC(=O)NC1CC1. The molecule has 1 N–H and O–H groups in total. The normalized spacial score (nSPS) is 13.5. The third-order valence-electron chi connectivity index (χ3n) is 4.43. The van der Waals surface area contributed by atoms with Gasteiger partial charge in [-0.15, -0.1) is 0 Å². The Balaban J connectivity index is 1.88. The average Bonchev–Trinajstić information content (AvgIpc) is 3.44. The molecule has 1 saturated carbocycles. The molecule has 2 amide bonds. The molecule has 0 saturated heterocycles. The van der Waals surface area contributed by atoms with Crippen molar-refractivity contribution in [3.8, 4) is 5.75 Å². The van der Waals surface area contributed by atoms with Gasteiger partial charge in [0.2, 0.25) is 0 Å². The Morgan fingerprint density at radius 3 is 2.36 bits per heavy atom. The van der Waals surface area contributed by atoms with Crippen molar-refractivity contribution in [2.24, 2.45) is 0 Å². The fraction of sp³-hybridized carbons (Fsp3) is 0.400. The highest BCUT2D eigenvalue weighted by molar-refractivity contribution is 6.01. The first-order chi connectivity index (χ1) is 12.1. The number of benzene rings is 2. The van der Waals surface area contributed by atoms with E-state index in [4.69, 9.17) is 4.74 Å². The van der Waals surface area contributed by atoms with E-state index in [0.717, 1.165) is 23.6 Å². The van der Waals surface area contributed by atoms with E-state index in [2.05, 4.69) is 5.32 Å². The van der Waals surface area contributed by atoms with Gasteiger partial charge in [0.15, 0.2) is 6.61 Å². The Hall–Kier alpha value is -2.56. The molecule has 2 aromatic rings. The summed E-state index contributed by atoms with van der Waals surface area (Å²) in [6.45, 7) is 5.08. The quantitative estimate of drug-likeness (QED) is 0.843. The predicted octanol–water partition coefficient (Wildman–Crippen LogP) is 2.98. The summed E-state index contributed by atoms with van der Waals surface area (Å²) >= 11 is 0. The van der Waals surface area contributed by atoms with Crippen LogP contribution in [-0.2, 0) is 4.79 Å². The van der Waals surface area contributed by atoms with Gasteiger partial charge in [0.05, 0.1) is 5.56 Å². The zero-order valence-corrected chi connectivity index (χ0v) is 14.7. The molecule has 0 spiro atoms. The Labute approximate surface area is 148 Å². The van der Waals surface area contributed by atoms with Gasteiger partial charge in [0.25, 0.3) is 11.8 Å². The Bertz CT molecular complexity index is 780. The van der Waals surface area contributed by atoms with E-state index in [0.29, 0.717) is 30.4 Å². The van der Waals surface area contributed by atoms with E-state index in [9.17, 15) is 9.59 Å². The van der Waals surface area contributed by atoms with Gasteiger partial charge in [-0.1, -0.05) is 24.3 Å². The zero-order valence-electron chi connectivity index (χ0n) is 14.7. The summed E-state index contributed by atoms with van der Waals surface area (Å²) in [5, 5.41) is 4.86. The second-order valence-corrected chi connectivity index (χ2v) is 6.30. The molecule has 1 aliphatic rings. The zero-order chi connectivity index (χ0) is 17.8. The van der Waals surface area contributed by atoms with E-state index >= 15 is 0 Å².